The van der Waals surface area contributed by atoms with Gasteiger partial charge in [0.2, 0.25) is 6.79 Å². The summed E-state index contributed by atoms with van der Waals surface area (Å²) in [6.45, 7) is 0.151. The minimum absolute atomic E-state index is 0.00889. The lowest BCUT2D eigenvalue weighted by Gasteiger charge is -2.29. The summed E-state index contributed by atoms with van der Waals surface area (Å²) in [5, 5.41) is 4.51. The normalized spacial score (nSPS) is 17.2. The van der Waals surface area contributed by atoms with E-state index in [-0.39, 0.29) is 17.5 Å². The number of ether oxygens (including phenoxy) is 2. The monoisotopic (exact) mass is 402 g/mol. The highest BCUT2D eigenvalue weighted by Crippen LogP contribution is 2.34. The third-order valence-corrected chi connectivity index (χ3v) is 5.10. The van der Waals surface area contributed by atoms with Crippen molar-refractivity contribution in [1.29, 1.82) is 0 Å². The molecular formula is C22H14N2O4S. The Labute approximate surface area is 171 Å². The van der Waals surface area contributed by atoms with Crippen molar-refractivity contribution in [3.63, 3.8) is 0 Å². The van der Waals surface area contributed by atoms with E-state index in [2.05, 4.69) is 5.32 Å². The van der Waals surface area contributed by atoms with Crippen LogP contribution in [0.3, 0.4) is 0 Å². The van der Waals surface area contributed by atoms with E-state index in [4.69, 9.17) is 21.7 Å². The van der Waals surface area contributed by atoms with E-state index in [0.29, 0.717) is 22.7 Å². The van der Waals surface area contributed by atoms with Crippen molar-refractivity contribution >= 4 is 51.7 Å². The molecule has 142 valence electrons. The van der Waals surface area contributed by atoms with Crippen LogP contribution in [0, 0.1) is 0 Å². The second-order valence-corrected chi connectivity index (χ2v) is 6.96. The van der Waals surface area contributed by atoms with Gasteiger partial charge in [-0.25, -0.2) is 0 Å². The van der Waals surface area contributed by atoms with E-state index >= 15 is 0 Å². The fraction of sp³-hybridized carbons (Fsp3) is 0.0455. The number of anilines is 1. The molecule has 0 aromatic heterocycles. The summed E-state index contributed by atoms with van der Waals surface area (Å²) in [5.74, 6) is 0.191. The molecule has 0 bridgehead atoms. The topological polar surface area (TPSA) is 67.9 Å². The van der Waals surface area contributed by atoms with Crippen molar-refractivity contribution in [2.75, 3.05) is 11.7 Å². The molecular weight excluding hydrogens is 388 g/mol. The Morgan fingerprint density at radius 3 is 2.66 bits per heavy atom. The Hall–Kier alpha value is -3.71. The molecule has 5 rings (SSSR count). The number of amides is 2. The van der Waals surface area contributed by atoms with Crippen LogP contribution in [0.4, 0.5) is 5.69 Å². The van der Waals surface area contributed by atoms with E-state index in [0.717, 1.165) is 10.8 Å². The number of hydrogen-bond donors (Lipinski definition) is 1. The van der Waals surface area contributed by atoms with Crippen molar-refractivity contribution in [2.24, 2.45) is 0 Å². The van der Waals surface area contributed by atoms with Crippen molar-refractivity contribution in [1.82, 2.24) is 5.32 Å². The highest BCUT2D eigenvalue weighted by molar-refractivity contribution is 7.80. The second kappa shape index (κ2) is 6.72. The minimum atomic E-state index is -0.533. The molecule has 3 aromatic carbocycles. The lowest BCUT2D eigenvalue weighted by atomic mass is 10.0. The minimum Gasteiger partial charge on any atom is -0.454 e. The van der Waals surface area contributed by atoms with Gasteiger partial charge in [0.1, 0.15) is 5.57 Å². The number of nitrogens with zero attached hydrogens (tertiary/aromatic N) is 1. The van der Waals surface area contributed by atoms with Crippen LogP contribution in [0.15, 0.2) is 66.2 Å². The highest BCUT2D eigenvalue weighted by Gasteiger charge is 2.35. The molecule has 1 saturated heterocycles. The van der Waals surface area contributed by atoms with Gasteiger partial charge in [0, 0.05) is 5.39 Å². The highest BCUT2D eigenvalue weighted by atomic mass is 32.1. The van der Waals surface area contributed by atoms with E-state index in [9.17, 15) is 9.59 Å². The predicted octanol–water partition coefficient (Wildman–Crippen LogP) is 3.40. The lowest BCUT2D eigenvalue weighted by molar-refractivity contribution is -0.122. The number of benzene rings is 3. The third-order valence-electron chi connectivity index (χ3n) is 4.82. The van der Waals surface area contributed by atoms with Crippen LogP contribution in [0.2, 0.25) is 0 Å². The molecule has 7 heteroatoms. The van der Waals surface area contributed by atoms with Crippen LogP contribution in [0.1, 0.15) is 5.56 Å². The molecule has 2 amide bonds. The summed E-state index contributed by atoms with van der Waals surface area (Å²) in [6, 6.07) is 18.5. The number of nitrogens with one attached hydrogen (secondary N) is 1. The SMILES string of the molecule is O=C1NC(=S)N(c2cccc3ccccc23)C(=O)C1=Cc1ccc2c(c1)OCO2. The molecule has 6 nitrogen and oxygen atoms in total. The molecule has 3 aromatic rings. The number of thiocarbonyl (C=S) groups is 1. The van der Waals surface area contributed by atoms with Gasteiger partial charge in [0.25, 0.3) is 11.8 Å². The summed E-state index contributed by atoms with van der Waals surface area (Å²) in [7, 11) is 0. The zero-order valence-electron chi connectivity index (χ0n) is 15.0. The maximum atomic E-state index is 13.3. The summed E-state index contributed by atoms with van der Waals surface area (Å²) in [6.07, 6.45) is 1.53. The van der Waals surface area contributed by atoms with Gasteiger partial charge in [0.15, 0.2) is 16.6 Å². The lowest BCUT2D eigenvalue weighted by Crippen LogP contribution is -2.54. The van der Waals surface area contributed by atoms with Gasteiger partial charge < -0.3 is 9.47 Å². The molecule has 0 aliphatic carbocycles. The van der Waals surface area contributed by atoms with Gasteiger partial charge in [-0.1, -0.05) is 42.5 Å². The fourth-order valence-electron chi connectivity index (χ4n) is 3.45. The molecule has 1 fully saturated rings. The zero-order valence-corrected chi connectivity index (χ0v) is 15.9. The van der Waals surface area contributed by atoms with Gasteiger partial charge in [-0.15, -0.1) is 0 Å². The van der Waals surface area contributed by atoms with E-state index in [1.165, 1.54) is 11.0 Å². The Bertz CT molecular complexity index is 1230. The molecule has 2 aliphatic rings. The first-order chi connectivity index (χ1) is 14.1. The number of fused-ring (bicyclic) bond motifs is 2. The maximum Gasteiger partial charge on any atom is 0.270 e. The van der Waals surface area contributed by atoms with Crippen molar-refractivity contribution in [3.05, 3.63) is 71.8 Å². The second-order valence-electron chi connectivity index (χ2n) is 6.57. The number of hydrogen-bond acceptors (Lipinski definition) is 5. The van der Waals surface area contributed by atoms with Gasteiger partial charge in [-0.3, -0.25) is 19.8 Å². The first-order valence-corrected chi connectivity index (χ1v) is 9.31. The van der Waals surface area contributed by atoms with Gasteiger partial charge >= 0.3 is 0 Å². The van der Waals surface area contributed by atoms with Crippen LogP contribution in [0.5, 0.6) is 11.5 Å². The predicted molar refractivity (Wildman–Crippen MR) is 113 cm³/mol. The standard InChI is InChI=1S/C22H14N2O4S/c25-20-16(10-13-8-9-18-19(11-13)28-12-27-18)21(26)24(22(29)23-20)17-7-3-5-14-4-1-2-6-15(14)17/h1-11H,12H2,(H,23,25,29). The molecule has 1 N–H and O–H groups in total. The Kier molecular flexibility index (Phi) is 4.03. The van der Waals surface area contributed by atoms with Crippen LogP contribution < -0.4 is 19.7 Å². The van der Waals surface area contributed by atoms with Gasteiger partial charge in [-0.2, -0.15) is 0 Å². The van der Waals surface area contributed by atoms with E-state index in [1.54, 1.807) is 18.2 Å². The number of rotatable bonds is 2. The molecule has 2 heterocycles. The van der Waals surface area contributed by atoms with Crippen LogP contribution in [-0.4, -0.2) is 23.7 Å². The van der Waals surface area contributed by atoms with Crippen LogP contribution in [0.25, 0.3) is 16.8 Å². The Morgan fingerprint density at radius 2 is 1.76 bits per heavy atom. The van der Waals surface area contributed by atoms with E-state index in [1.807, 2.05) is 42.5 Å². The average molecular weight is 402 g/mol. The van der Waals surface area contributed by atoms with Crippen molar-refractivity contribution in [2.45, 2.75) is 0 Å². The largest absolute Gasteiger partial charge is 0.454 e. The summed E-state index contributed by atoms with van der Waals surface area (Å²) < 4.78 is 10.7. The molecule has 0 spiro atoms. The molecule has 2 aliphatic heterocycles. The molecule has 0 atom stereocenters. The number of carbonyl (C=O) groups is 2. The number of carbonyl (C=O) groups excluding carboxylic acids is 2. The zero-order chi connectivity index (χ0) is 20.0. The fourth-order valence-corrected chi connectivity index (χ4v) is 3.72. The third kappa shape index (κ3) is 2.92. The van der Waals surface area contributed by atoms with Gasteiger partial charge in [0.05, 0.1) is 5.69 Å². The quantitative estimate of drug-likeness (QED) is 0.404. The summed E-state index contributed by atoms with van der Waals surface area (Å²) >= 11 is 5.32. The molecule has 29 heavy (non-hydrogen) atoms. The first kappa shape index (κ1) is 17.4. The van der Waals surface area contributed by atoms with Crippen molar-refractivity contribution < 1.29 is 19.1 Å². The smallest absolute Gasteiger partial charge is 0.270 e. The van der Waals surface area contributed by atoms with Crippen molar-refractivity contribution in [3.8, 4) is 11.5 Å². The maximum absolute atomic E-state index is 13.3. The first-order valence-electron chi connectivity index (χ1n) is 8.91. The average Bonchev–Trinajstić information content (AvgIpc) is 3.19. The molecule has 0 radical (unpaired) electrons. The molecule has 0 unspecified atom stereocenters. The Morgan fingerprint density at radius 1 is 0.966 bits per heavy atom. The molecule has 0 saturated carbocycles. The summed E-state index contributed by atoms with van der Waals surface area (Å²) in [5.41, 5.74) is 1.26. The van der Waals surface area contributed by atoms with Gasteiger partial charge in [-0.05, 0) is 47.4 Å². The van der Waals surface area contributed by atoms with Crippen LogP contribution in [-0.2, 0) is 9.59 Å². The van der Waals surface area contributed by atoms with E-state index < -0.39 is 11.8 Å². The summed E-state index contributed by atoms with van der Waals surface area (Å²) in [4.78, 5) is 27.2. The Balaban J connectivity index is 1.59. The van der Waals surface area contributed by atoms with Crippen LogP contribution >= 0.6 is 12.2 Å².